The lowest BCUT2D eigenvalue weighted by Gasteiger charge is -2.35. The molecule has 7 nitrogen and oxygen atoms in total. The van der Waals surface area contributed by atoms with E-state index in [4.69, 9.17) is 4.74 Å². The van der Waals surface area contributed by atoms with Crippen LogP contribution < -0.4 is 0 Å². The average molecular weight is 527 g/mol. The summed E-state index contributed by atoms with van der Waals surface area (Å²) in [6.07, 6.45) is 3.01. The Kier molecular flexibility index (Phi) is 7.28. The molecule has 0 N–H and O–H groups in total. The molecule has 0 saturated carbocycles. The van der Waals surface area contributed by atoms with Crippen molar-refractivity contribution in [3.8, 4) is 11.3 Å². The number of ether oxygens (including phenoxy) is 1. The van der Waals surface area contributed by atoms with E-state index in [2.05, 4.69) is 22.2 Å². The van der Waals surface area contributed by atoms with Gasteiger partial charge in [-0.2, -0.15) is 5.10 Å². The van der Waals surface area contributed by atoms with Crippen LogP contribution in [0, 0.1) is 5.82 Å². The summed E-state index contributed by atoms with van der Waals surface area (Å²) >= 11 is 0. The highest BCUT2D eigenvalue weighted by atomic mass is 19.1. The fourth-order valence-corrected chi connectivity index (χ4v) is 5.11. The lowest BCUT2D eigenvalue weighted by molar-refractivity contribution is -0.138. The lowest BCUT2D eigenvalue weighted by Crippen LogP contribution is -2.39. The van der Waals surface area contributed by atoms with Crippen molar-refractivity contribution in [2.24, 2.45) is 0 Å². The molecule has 0 spiro atoms. The minimum atomic E-state index is -0.473. The standard InChI is InChI=1S/C31H31FN4O3/c1-5-23-17-28(30(37)35-14-13-22-9-7-8-10-24(22)20(35)4)33-29-18-27(34-36(23)29)25-12-11-21(16-26(25)32)15-19(3)31(38)39-6-2/h7-12,15-18,20H,5-6,13-14H2,1-4H3/b19-15+. The van der Waals surface area contributed by atoms with E-state index in [0.717, 1.165) is 17.7 Å². The molecule has 1 aliphatic heterocycles. The normalized spacial score (nSPS) is 15.4. The zero-order valence-corrected chi connectivity index (χ0v) is 22.6. The van der Waals surface area contributed by atoms with Gasteiger partial charge in [0, 0.05) is 29.4 Å². The summed E-state index contributed by atoms with van der Waals surface area (Å²) in [4.78, 5) is 32.0. The molecule has 2 aromatic heterocycles. The molecule has 1 unspecified atom stereocenters. The monoisotopic (exact) mass is 526 g/mol. The Balaban J connectivity index is 1.46. The molecule has 1 aliphatic rings. The Labute approximate surface area is 226 Å². The summed E-state index contributed by atoms with van der Waals surface area (Å²) in [6, 6.07) is 16.4. The number of halogens is 1. The van der Waals surface area contributed by atoms with Crippen LogP contribution in [0.3, 0.4) is 0 Å². The number of fused-ring (bicyclic) bond motifs is 2. The number of rotatable bonds is 6. The summed E-state index contributed by atoms with van der Waals surface area (Å²) in [5.41, 5.74) is 5.73. The van der Waals surface area contributed by atoms with E-state index in [1.807, 2.05) is 30.9 Å². The first-order valence-electron chi connectivity index (χ1n) is 13.2. The second-order valence-electron chi connectivity index (χ2n) is 9.70. The molecule has 1 atom stereocenters. The van der Waals surface area contributed by atoms with Crippen molar-refractivity contribution in [1.82, 2.24) is 19.5 Å². The highest BCUT2D eigenvalue weighted by Gasteiger charge is 2.29. The van der Waals surface area contributed by atoms with Crippen LogP contribution >= 0.6 is 0 Å². The molecular weight excluding hydrogens is 495 g/mol. The maximum absolute atomic E-state index is 15.2. The molecular formula is C31H31FN4O3. The van der Waals surface area contributed by atoms with Crippen molar-refractivity contribution in [1.29, 1.82) is 0 Å². The summed E-state index contributed by atoms with van der Waals surface area (Å²) in [5.74, 6) is -1.04. The van der Waals surface area contributed by atoms with Gasteiger partial charge in [-0.05, 0) is 74.6 Å². The number of amides is 1. The Morgan fingerprint density at radius 3 is 2.67 bits per heavy atom. The third kappa shape index (κ3) is 5.06. The van der Waals surface area contributed by atoms with Gasteiger partial charge in [0.05, 0.1) is 18.3 Å². The molecule has 4 aromatic rings. The molecule has 3 heterocycles. The molecule has 2 aromatic carbocycles. The smallest absolute Gasteiger partial charge is 0.333 e. The van der Waals surface area contributed by atoms with E-state index >= 15 is 4.39 Å². The van der Waals surface area contributed by atoms with E-state index in [1.54, 1.807) is 48.7 Å². The highest BCUT2D eigenvalue weighted by molar-refractivity contribution is 5.94. The maximum atomic E-state index is 15.2. The summed E-state index contributed by atoms with van der Waals surface area (Å²) < 4.78 is 21.8. The van der Waals surface area contributed by atoms with Gasteiger partial charge in [-0.3, -0.25) is 4.79 Å². The van der Waals surface area contributed by atoms with Crippen molar-refractivity contribution < 1.29 is 18.7 Å². The SMILES string of the molecule is CCOC(=O)/C(C)=C/c1ccc(-c2cc3nc(C(=O)N4CCc5ccccc5C4C)cc(CC)n3n2)c(F)c1. The van der Waals surface area contributed by atoms with Gasteiger partial charge in [-0.15, -0.1) is 0 Å². The van der Waals surface area contributed by atoms with Crippen LogP contribution in [0.4, 0.5) is 4.39 Å². The molecule has 0 fully saturated rings. The van der Waals surface area contributed by atoms with Gasteiger partial charge in [-0.25, -0.2) is 18.7 Å². The summed E-state index contributed by atoms with van der Waals surface area (Å²) in [5, 5.41) is 4.62. The number of nitrogens with zero attached hydrogens (tertiary/aromatic N) is 4. The second kappa shape index (κ2) is 10.8. The molecule has 0 saturated heterocycles. The third-order valence-corrected chi connectivity index (χ3v) is 7.19. The van der Waals surface area contributed by atoms with Gasteiger partial charge in [0.25, 0.3) is 5.91 Å². The van der Waals surface area contributed by atoms with Crippen LogP contribution in [-0.4, -0.2) is 44.5 Å². The van der Waals surface area contributed by atoms with Crippen molar-refractivity contribution in [2.45, 2.75) is 46.6 Å². The number of aryl methyl sites for hydroxylation is 1. The number of esters is 1. The summed E-state index contributed by atoms with van der Waals surface area (Å²) in [7, 11) is 0. The van der Waals surface area contributed by atoms with Gasteiger partial charge in [0.15, 0.2) is 5.65 Å². The second-order valence-corrected chi connectivity index (χ2v) is 9.70. The fourth-order valence-electron chi connectivity index (χ4n) is 5.11. The van der Waals surface area contributed by atoms with Crippen LogP contribution in [0.15, 0.2) is 60.2 Å². The zero-order chi connectivity index (χ0) is 27.7. The molecule has 0 bridgehead atoms. The summed E-state index contributed by atoms with van der Waals surface area (Å²) in [6.45, 7) is 8.29. The molecule has 0 radical (unpaired) electrons. The number of aromatic nitrogens is 3. The molecule has 5 rings (SSSR count). The van der Waals surface area contributed by atoms with E-state index in [-0.39, 0.29) is 18.6 Å². The van der Waals surface area contributed by atoms with Crippen molar-refractivity contribution in [3.63, 3.8) is 0 Å². The highest BCUT2D eigenvalue weighted by Crippen LogP contribution is 2.31. The predicted octanol–water partition coefficient (Wildman–Crippen LogP) is 5.82. The number of carbonyl (C=O) groups is 2. The van der Waals surface area contributed by atoms with E-state index < -0.39 is 11.8 Å². The minimum absolute atomic E-state index is 0.0554. The van der Waals surface area contributed by atoms with E-state index in [1.165, 1.54) is 11.6 Å². The maximum Gasteiger partial charge on any atom is 0.333 e. The number of benzene rings is 2. The Bertz CT molecular complexity index is 1610. The van der Waals surface area contributed by atoms with Crippen molar-refractivity contribution in [2.75, 3.05) is 13.2 Å². The van der Waals surface area contributed by atoms with Gasteiger partial charge in [-0.1, -0.05) is 37.3 Å². The van der Waals surface area contributed by atoms with Gasteiger partial charge in [0.2, 0.25) is 0 Å². The van der Waals surface area contributed by atoms with Crippen molar-refractivity contribution in [3.05, 3.63) is 94.1 Å². The third-order valence-electron chi connectivity index (χ3n) is 7.19. The van der Waals surface area contributed by atoms with Crippen molar-refractivity contribution >= 4 is 23.6 Å². The largest absolute Gasteiger partial charge is 0.463 e. The van der Waals surface area contributed by atoms with Crippen LogP contribution in [-0.2, 0) is 22.4 Å². The molecule has 1 amide bonds. The Morgan fingerprint density at radius 1 is 1.13 bits per heavy atom. The number of hydrogen-bond donors (Lipinski definition) is 0. The van der Waals surface area contributed by atoms with Crippen LogP contribution in [0.5, 0.6) is 0 Å². The minimum Gasteiger partial charge on any atom is -0.463 e. The number of hydrogen-bond acceptors (Lipinski definition) is 5. The van der Waals surface area contributed by atoms with Crippen LogP contribution in [0.2, 0.25) is 0 Å². The first kappa shape index (κ1) is 26.3. The predicted molar refractivity (Wildman–Crippen MR) is 148 cm³/mol. The first-order valence-corrected chi connectivity index (χ1v) is 13.2. The van der Waals surface area contributed by atoms with E-state index in [9.17, 15) is 9.59 Å². The van der Waals surface area contributed by atoms with Crippen LogP contribution in [0.1, 0.15) is 66.6 Å². The molecule has 200 valence electrons. The average Bonchev–Trinajstić information content (AvgIpc) is 3.36. The van der Waals surface area contributed by atoms with Gasteiger partial charge in [0.1, 0.15) is 11.5 Å². The van der Waals surface area contributed by atoms with E-state index in [0.29, 0.717) is 46.7 Å². The molecule has 8 heteroatoms. The Hall–Kier alpha value is -4.33. The molecule has 0 aliphatic carbocycles. The first-order chi connectivity index (χ1) is 18.8. The van der Waals surface area contributed by atoms with Gasteiger partial charge >= 0.3 is 5.97 Å². The Morgan fingerprint density at radius 2 is 1.92 bits per heavy atom. The number of carbonyl (C=O) groups excluding carboxylic acids is 2. The molecule has 39 heavy (non-hydrogen) atoms. The topological polar surface area (TPSA) is 76.8 Å². The quantitative estimate of drug-likeness (QED) is 0.234. The zero-order valence-electron chi connectivity index (χ0n) is 22.6. The fraction of sp³-hybridized carbons (Fsp3) is 0.290. The van der Waals surface area contributed by atoms with Crippen LogP contribution in [0.25, 0.3) is 23.0 Å². The lowest BCUT2D eigenvalue weighted by atomic mass is 9.93. The van der Waals surface area contributed by atoms with Gasteiger partial charge < -0.3 is 9.64 Å².